The molecule has 0 heterocycles. The minimum absolute atomic E-state index is 0. The van der Waals surface area contributed by atoms with E-state index in [0.717, 1.165) is 12.1 Å². The van der Waals surface area contributed by atoms with Crippen molar-refractivity contribution in [3.8, 4) is 0 Å². The Morgan fingerprint density at radius 2 is 1.79 bits per heavy atom. The number of alkyl halides is 3. The Morgan fingerprint density at radius 1 is 1.21 bits per heavy atom. The third kappa shape index (κ3) is 3.28. The quantitative estimate of drug-likeness (QED) is 0.568. The van der Waals surface area contributed by atoms with Crippen molar-refractivity contribution >= 4 is 5.69 Å². The van der Waals surface area contributed by atoms with Gasteiger partial charge in [-0.1, -0.05) is 6.07 Å². The standard InChI is InChI=1S/C9H10F3N.Li.H/c1-13(2)8-5-3-4-7(6-8)9(10,11)12;;/h3-6H,1-2H3;;/q;+1;-1. The summed E-state index contributed by atoms with van der Waals surface area (Å²) in [7, 11) is 3.41. The van der Waals surface area contributed by atoms with Gasteiger partial charge in [0, 0.05) is 19.8 Å². The van der Waals surface area contributed by atoms with Crippen LogP contribution in [0.4, 0.5) is 18.9 Å². The molecular weight excluding hydrogens is 186 g/mol. The fourth-order valence-electron chi connectivity index (χ4n) is 0.960. The average molecular weight is 197 g/mol. The SMILES string of the molecule is CN(C)c1cccc(C(F)(F)F)c1.[H-].[Li+]. The van der Waals surface area contributed by atoms with E-state index in [1.165, 1.54) is 6.07 Å². The molecule has 0 aromatic heterocycles. The van der Waals surface area contributed by atoms with Gasteiger partial charge < -0.3 is 6.33 Å². The largest absolute Gasteiger partial charge is 1.00 e. The van der Waals surface area contributed by atoms with Crippen molar-refractivity contribution in [1.29, 1.82) is 0 Å². The van der Waals surface area contributed by atoms with Crippen molar-refractivity contribution in [1.82, 2.24) is 0 Å². The van der Waals surface area contributed by atoms with Crippen LogP contribution in [0, 0.1) is 0 Å². The summed E-state index contributed by atoms with van der Waals surface area (Å²) in [6, 6.07) is 5.22. The minimum Gasteiger partial charge on any atom is -1.00 e. The monoisotopic (exact) mass is 197 g/mol. The van der Waals surface area contributed by atoms with E-state index in [1.54, 1.807) is 25.1 Å². The Labute approximate surface area is 94.6 Å². The number of nitrogens with zero attached hydrogens (tertiary/aromatic N) is 1. The second-order valence-electron chi connectivity index (χ2n) is 2.94. The molecule has 0 aliphatic heterocycles. The van der Waals surface area contributed by atoms with Crippen molar-refractivity contribution in [3.63, 3.8) is 0 Å². The van der Waals surface area contributed by atoms with Crippen LogP contribution in [0.15, 0.2) is 24.3 Å². The first-order valence-electron chi connectivity index (χ1n) is 3.76. The zero-order chi connectivity index (χ0) is 10.1. The second kappa shape index (κ2) is 4.77. The number of hydrogen-bond acceptors (Lipinski definition) is 1. The van der Waals surface area contributed by atoms with E-state index in [2.05, 4.69) is 0 Å². The van der Waals surface area contributed by atoms with Crippen molar-refractivity contribution in [2.24, 2.45) is 0 Å². The molecule has 14 heavy (non-hydrogen) atoms. The van der Waals surface area contributed by atoms with Crippen LogP contribution in [0.25, 0.3) is 0 Å². The Kier molecular flexibility index (Phi) is 4.56. The maximum Gasteiger partial charge on any atom is 1.00 e. The number of halogens is 3. The molecule has 0 aliphatic carbocycles. The second-order valence-corrected chi connectivity index (χ2v) is 2.94. The number of anilines is 1. The summed E-state index contributed by atoms with van der Waals surface area (Å²) < 4.78 is 36.6. The molecule has 0 spiro atoms. The summed E-state index contributed by atoms with van der Waals surface area (Å²) >= 11 is 0. The van der Waals surface area contributed by atoms with Gasteiger partial charge in [0.25, 0.3) is 0 Å². The van der Waals surface area contributed by atoms with Gasteiger partial charge in [0.05, 0.1) is 5.56 Å². The maximum atomic E-state index is 12.2. The molecule has 5 heteroatoms. The summed E-state index contributed by atoms with van der Waals surface area (Å²) in [4.78, 5) is 1.63. The molecule has 0 amide bonds. The molecule has 0 aliphatic rings. The van der Waals surface area contributed by atoms with Crippen LogP contribution in [0.5, 0.6) is 0 Å². The number of rotatable bonds is 1. The molecule has 0 N–H and O–H groups in total. The molecule has 0 unspecified atom stereocenters. The number of hydrogen-bond donors (Lipinski definition) is 0. The van der Waals surface area contributed by atoms with Crippen molar-refractivity contribution < 1.29 is 33.5 Å². The normalized spacial score (nSPS) is 10.6. The van der Waals surface area contributed by atoms with Crippen LogP contribution < -0.4 is 23.8 Å². The van der Waals surface area contributed by atoms with E-state index < -0.39 is 11.7 Å². The third-order valence-corrected chi connectivity index (χ3v) is 1.69. The zero-order valence-corrected chi connectivity index (χ0v) is 8.39. The predicted octanol–water partition coefficient (Wildman–Crippen LogP) is -0.112. The van der Waals surface area contributed by atoms with Crippen molar-refractivity contribution in [2.45, 2.75) is 6.18 Å². The molecule has 74 valence electrons. The fourth-order valence-corrected chi connectivity index (χ4v) is 0.960. The Bertz CT molecular complexity index is 302. The Hall–Kier alpha value is -0.593. The molecule has 0 atom stereocenters. The van der Waals surface area contributed by atoms with Crippen LogP contribution in [0.1, 0.15) is 6.99 Å². The Balaban J connectivity index is 0. The first-order valence-corrected chi connectivity index (χ1v) is 3.76. The van der Waals surface area contributed by atoms with Gasteiger partial charge in [0.2, 0.25) is 0 Å². The summed E-state index contributed by atoms with van der Waals surface area (Å²) in [5.74, 6) is 0. The van der Waals surface area contributed by atoms with Gasteiger partial charge in [-0.2, -0.15) is 13.2 Å². The van der Waals surface area contributed by atoms with E-state index in [0.29, 0.717) is 5.69 Å². The van der Waals surface area contributed by atoms with Gasteiger partial charge in [-0.15, -0.1) is 0 Å². The molecule has 0 fully saturated rings. The maximum absolute atomic E-state index is 12.2. The van der Waals surface area contributed by atoms with Crippen LogP contribution in [0.3, 0.4) is 0 Å². The van der Waals surface area contributed by atoms with E-state index in [1.807, 2.05) is 0 Å². The van der Waals surface area contributed by atoms with Gasteiger partial charge in [0.1, 0.15) is 0 Å². The van der Waals surface area contributed by atoms with Crippen molar-refractivity contribution in [3.05, 3.63) is 29.8 Å². The molecule has 0 bridgehead atoms. The van der Waals surface area contributed by atoms with Crippen molar-refractivity contribution in [2.75, 3.05) is 19.0 Å². The van der Waals surface area contributed by atoms with Crippen LogP contribution >= 0.6 is 0 Å². The first-order chi connectivity index (χ1) is 5.91. The predicted molar refractivity (Wildman–Crippen MR) is 46.9 cm³/mol. The molecule has 1 nitrogen and oxygen atoms in total. The van der Waals surface area contributed by atoms with Gasteiger partial charge in [0.15, 0.2) is 0 Å². The minimum atomic E-state index is -4.26. The smallest absolute Gasteiger partial charge is 1.00 e. The topological polar surface area (TPSA) is 3.24 Å². The van der Waals surface area contributed by atoms with E-state index in [-0.39, 0.29) is 20.3 Å². The molecule has 0 saturated carbocycles. The molecule has 0 radical (unpaired) electrons. The molecular formula is C9H11F3LiN. The number of benzene rings is 1. The molecule has 0 saturated heterocycles. The van der Waals surface area contributed by atoms with Gasteiger partial charge in [-0.3, -0.25) is 0 Å². The average Bonchev–Trinajstić information content (AvgIpc) is 2.03. The van der Waals surface area contributed by atoms with Crippen LogP contribution in [0.2, 0.25) is 0 Å². The summed E-state index contributed by atoms with van der Waals surface area (Å²) in [5, 5.41) is 0. The third-order valence-electron chi connectivity index (χ3n) is 1.69. The van der Waals surface area contributed by atoms with E-state index in [9.17, 15) is 13.2 Å². The Morgan fingerprint density at radius 3 is 2.21 bits per heavy atom. The summed E-state index contributed by atoms with van der Waals surface area (Å²) in [6.45, 7) is 0. The summed E-state index contributed by atoms with van der Waals surface area (Å²) in [5.41, 5.74) is -0.0616. The van der Waals surface area contributed by atoms with Crippen LogP contribution in [-0.4, -0.2) is 14.1 Å². The molecule has 1 aromatic carbocycles. The first kappa shape index (κ1) is 13.4. The van der Waals surface area contributed by atoms with Crippen LogP contribution in [-0.2, 0) is 6.18 Å². The summed E-state index contributed by atoms with van der Waals surface area (Å²) in [6.07, 6.45) is -4.26. The van der Waals surface area contributed by atoms with Gasteiger partial charge >= 0.3 is 25.0 Å². The molecule has 1 aromatic rings. The zero-order valence-electron chi connectivity index (χ0n) is 9.39. The van der Waals surface area contributed by atoms with Gasteiger partial charge in [-0.25, -0.2) is 0 Å². The fraction of sp³-hybridized carbons (Fsp3) is 0.333. The van der Waals surface area contributed by atoms with Gasteiger partial charge in [-0.05, 0) is 18.2 Å². The van der Waals surface area contributed by atoms with E-state index >= 15 is 0 Å². The molecule has 1 rings (SSSR count). The van der Waals surface area contributed by atoms with E-state index in [4.69, 9.17) is 0 Å².